The predicted molar refractivity (Wildman–Crippen MR) is 82.8 cm³/mol. The van der Waals surface area contributed by atoms with E-state index in [0.29, 0.717) is 24.3 Å². The van der Waals surface area contributed by atoms with Gasteiger partial charge < -0.3 is 15.3 Å². The number of nitrogens with zero attached hydrogens (tertiary/aromatic N) is 2. The summed E-state index contributed by atoms with van der Waals surface area (Å²) in [6, 6.07) is 4.31. The molecular formula is C15H21N3O4. The first-order valence-electron chi connectivity index (χ1n) is 7.37. The van der Waals surface area contributed by atoms with Crippen molar-refractivity contribution in [3.05, 3.63) is 33.9 Å². The van der Waals surface area contributed by atoms with Crippen molar-refractivity contribution in [3.63, 3.8) is 0 Å². The number of rotatable bonds is 3. The van der Waals surface area contributed by atoms with E-state index >= 15 is 0 Å². The van der Waals surface area contributed by atoms with Crippen LogP contribution in [0.15, 0.2) is 18.2 Å². The number of benzene rings is 1. The summed E-state index contributed by atoms with van der Waals surface area (Å²) < 4.78 is 0. The number of amides is 2. The van der Waals surface area contributed by atoms with Gasteiger partial charge in [-0.15, -0.1) is 0 Å². The van der Waals surface area contributed by atoms with Gasteiger partial charge in [-0.2, -0.15) is 0 Å². The van der Waals surface area contributed by atoms with Gasteiger partial charge in [-0.25, -0.2) is 4.79 Å². The van der Waals surface area contributed by atoms with Crippen LogP contribution in [-0.4, -0.2) is 40.2 Å². The van der Waals surface area contributed by atoms with Crippen LogP contribution < -0.4 is 5.32 Å². The number of hydrogen-bond acceptors (Lipinski definition) is 4. The molecule has 0 bridgehead atoms. The monoisotopic (exact) mass is 307 g/mol. The summed E-state index contributed by atoms with van der Waals surface area (Å²) in [7, 11) is 0. The molecule has 1 aliphatic rings. The molecule has 7 heteroatoms. The SMILES string of the molecule is Cc1cc(NC(=O)N2CCC(C(C)O)CC2)ccc1[N+](=O)[O-]. The summed E-state index contributed by atoms with van der Waals surface area (Å²) in [6.07, 6.45) is 1.22. The second-order valence-corrected chi connectivity index (χ2v) is 5.75. The molecule has 2 rings (SSSR count). The van der Waals surface area contributed by atoms with Crippen molar-refractivity contribution in [2.75, 3.05) is 18.4 Å². The average molecular weight is 307 g/mol. The minimum absolute atomic E-state index is 0.0377. The fourth-order valence-corrected chi connectivity index (χ4v) is 2.73. The van der Waals surface area contributed by atoms with Gasteiger partial charge in [0.1, 0.15) is 0 Å². The van der Waals surface area contributed by atoms with Gasteiger partial charge in [0.15, 0.2) is 0 Å². The average Bonchev–Trinajstić information content (AvgIpc) is 2.47. The van der Waals surface area contributed by atoms with E-state index < -0.39 is 4.92 Å². The first-order valence-corrected chi connectivity index (χ1v) is 7.37. The molecule has 1 saturated heterocycles. The first-order chi connectivity index (χ1) is 10.4. The minimum Gasteiger partial charge on any atom is -0.393 e. The van der Waals surface area contributed by atoms with Crippen LogP contribution in [0, 0.1) is 23.0 Å². The van der Waals surface area contributed by atoms with Crippen LogP contribution in [0.2, 0.25) is 0 Å². The number of aryl methyl sites for hydroxylation is 1. The van der Waals surface area contributed by atoms with Crippen LogP contribution >= 0.6 is 0 Å². The molecule has 1 unspecified atom stereocenters. The lowest BCUT2D eigenvalue weighted by molar-refractivity contribution is -0.385. The summed E-state index contributed by atoms with van der Waals surface area (Å²) in [5.74, 6) is 0.241. The van der Waals surface area contributed by atoms with E-state index in [1.54, 1.807) is 24.8 Å². The van der Waals surface area contributed by atoms with Crippen LogP contribution in [0.3, 0.4) is 0 Å². The topological polar surface area (TPSA) is 95.7 Å². The number of carbonyl (C=O) groups is 1. The van der Waals surface area contributed by atoms with E-state index in [9.17, 15) is 20.0 Å². The molecule has 1 atom stereocenters. The van der Waals surface area contributed by atoms with Crippen LogP contribution in [0.25, 0.3) is 0 Å². The van der Waals surface area contributed by atoms with Crippen LogP contribution in [-0.2, 0) is 0 Å². The maximum Gasteiger partial charge on any atom is 0.321 e. The Bertz CT molecular complexity index is 566. The van der Waals surface area contributed by atoms with E-state index in [-0.39, 0.29) is 23.7 Å². The van der Waals surface area contributed by atoms with Crippen molar-refractivity contribution in [2.24, 2.45) is 5.92 Å². The number of piperidine rings is 1. The molecule has 22 heavy (non-hydrogen) atoms. The molecule has 0 spiro atoms. The highest BCUT2D eigenvalue weighted by Crippen LogP contribution is 2.23. The van der Waals surface area contributed by atoms with E-state index in [1.807, 2.05) is 0 Å². The van der Waals surface area contributed by atoms with Gasteiger partial charge in [-0.05, 0) is 44.7 Å². The number of urea groups is 1. The smallest absolute Gasteiger partial charge is 0.321 e. The quantitative estimate of drug-likeness (QED) is 0.662. The first kappa shape index (κ1) is 16.2. The van der Waals surface area contributed by atoms with Gasteiger partial charge in [0.05, 0.1) is 11.0 Å². The third-order valence-corrected chi connectivity index (χ3v) is 4.15. The molecule has 0 aliphatic carbocycles. The molecule has 1 heterocycles. The molecule has 1 aliphatic heterocycles. The number of likely N-dealkylation sites (tertiary alicyclic amines) is 1. The lowest BCUT2D eigenvalue weighted by atomic mass is 9.92. The van der Waals surface area contributed by atoms with Gasteiger partial charge >= 0.3 is 6.03 Å². The Morgan fingerprint density at radius 3 is 2.59 bits per heavy atom. The van der Waals surface area contributed by atoms with Crippen molar-refractivity contribution >= 4 is 17.4 Å². The van der Waals surface area contributed by atoms with Crippen LogP contribution in [0.4, 0.5) is 16.2 Å². The van der Waals surface area contributed by atoms with E-state index in [1.165, 1.54) is 12.1 Å². The molecular weight excluding hydrogens is 286 g/mol. The number of carbonyl (C=O) groups excluding carboxylic acids is 1. The zero-order chi connectivity index (χ0) is 16.3. The van der Waals surface area contributed by atoms with Gasteiger partial charge in [0, 0.05) is 30.4 Å². The Kier molecular flexibility index (Phi) is 4.97. The third-order valence-electron chi connectivity index (χ3n) is 4.15. The summed E-state index contributed by atoms with van der Waals surface area (Å²) >= 11 is 0. The van der Waals surface area contributed by atoms with E-state index in [0.717, 1.165) is 12.8 Å². The van der Waals surface area contributed by atoms with Crippen molar-refractivity contribution in [1.82, 2.24) is 4.90 Å². The fraction of sp³-hybridized carbons (Fsp3) is 0.533. The number of nitro groups is 1. The molecule has 120 valence electrons. The summed E-state index contributed by atoms with van der Waals surface area (Å²) in [5.41, 5.74) is 1.09. The second kappa shape index (κ2) is 6.74. The molecule has 0 radical (unpaired) electrons. The highest BCUT2D eigenvalue weighted by molar-refractivity contribution is 5.89. The molecule has 1 aromatic rings. The highest BCUT2D eigenvalue weighted by Gasteiger charge is 2.25. The largest absolute Gasteiger partial charge is 0.393 e. The lowest BCUT2D eigenvalue weighted by Gasteiger charge is -2.33. The van der Waals surface area contributed by atoms with Gasteiger partial charge in [-0.1, -0.05) is 0 Å². The van der Waals surface area contributed by atoms with E-state index in [2.05, 4.69) is 5.32 Å². The number of nitro benzene ring substituents is 1. The molecule has 7 nitrogen and oxygen atoms in total. The molecule has 2 amide bonds. The Morgan fingerprint density at radius 1 is 1.45 bits per heavy atom. The predicted octanol–water partition coefficient (Wildman–Crippen LogP) is 2.53. The van der Waals surface area contributed by atoms with Gasteiger partial charge in [-0.3, -0.25) is 10.1 Å². The Hall–Kier alpha value is -2.15. The number of hydrogen-bond donors (Lipinski definition) is 2. The Balaban J connectivity index is 1.95. The van der Waals surface area contributed by atoms with Crippen LogP contribution in [0.1, 0.15) is 25.3 Å². The zero-order valence-electron chi connectivity index (χ0n) is 12.8. The summed E-state index contributed by atoms with van der Waals surface area (Å²) in [6.45, 7) is 4.63. The van der Waals surface area contributed by atoms with Crippen molar-refractivity contribution < 1.29 is 14.8 Å². The highest BCUT2D eigenvalue weighted by atomic mass is 16.6. The molecule has 1 aromatic carbocycles. The Labute approximate surface area is 129 Å². The van der Waals surface area contributed by atoms with Crippen LogP contribution in [0.5, 0.6) is 0 Å². The summed E-state index contributed by atoms with van der Waals surface area (Å²) in [5, 5.41) is 23.1. The fourth-order valence-electron chi connectivity index (χ4n) is 2.73. The normalized spacial score (nSPS) is 17.1. The van der Waals surface area contributed by atoms with E-state index in [4.69, 9.17) is 0 Å². The molecule has 2 N–H and O–H groups in total. The van der Waals surface area contributed by atoms with Gasteiger partial charge in [0.25, 0.3) is 5.69 Å². The molecule has 0 saturated carbocycles. The lowest BCUT2D eigenvalue weighted by Crippen LogP contribution is -2.42. The van der Waals surface area contributed by atoms with Crippen molar-refractivity contribution in [1.29, 1.82) is 0 Å². The number of aliphatic hydroxyl groups is 1. The molecule has 1 fully saturated rings. The van der Waals surface area contributed by atoms with Crippen molar-refractivity contribution in [2.45, 2.75) is 32.8 Å². The molecule has 0 aromatic heterocycles. The van der Waals surface area contributed by atoms with Crippen molar-refractivity contribution in [3.8, 4) is 0 Å². The standard InChI is InChI=1S/C15H21N3O4/c1-10-9-13(3-4-14(10)18(21)22)16-15(20)17-7-5-12(6-8-17)11(2)19/h3-4,9,11-12,19H,5-8H2,1-2H3,(H,16,20). The minimum atomic E-state index is -0.443. The summed E-state index contributed by atoms with van der Waals surface area (Å²) in [4.78, 5) is 24.2. The maximum absolute atomic E-state index is 12.2. The zero-order valence-corrected chi connectivity index (χ0v) is 12.8. The Morgan fingerprint density at radius 2 is 2.09 bits per heavy atom. The number of anilines is 1. The third kappa shape index (κ3) is 3.73. The maximum atomic E-state index is 12.2. The van der Waals surface area contributed by atoms with Gasteiger partial charge in [0.2, 0.25) is 0 Å². The number of aliphatic hydroxyl groups excluding tert-OH is 1. The second-order valence-electron chi connectivity index (χ2n) is 5.75. The number of nitrogens with one attached hydrogen (secondary N) is 1.